The highest BCUT2D eigenvalue weighted by Gasteiger charge is 2.21. The number of carbonyl (C=O) groups excluding carboxylic acids is 1. The van der Waals surface area contributed by atoms with Gasteiger partial charge in [0.25, 0.3) is 0 Å². The molecule has 1 aromatic carbocycles. The Morgan fingerprint density at radius 1 is 1.30 bits per heavy atom. The van der Waals surface area contributed by atoms with Crippen LogP contribution in [-0.4, -0.2) is 41.4 Å². The lowest BCUT2D eigenvalue weighted by Gasteiger charge is -2.30. The van der Waals surface area contributed by atoms with Crippen LogP contribution in [0.25, 0.3) is 0 Å². The van der Waals surface area contributed by atoms with Crippen LogP contribution in [0.15, 0.2) is 36.5 Å². The van der Waals surface area contributed by atoms with E-state index < -0.39 is 0 Å². The van der Waals surface area contributed by atoms with E-state index in [0.717, 1.165) is 25.3 Å². The third-order valence-electron chi connectivity index (χ3n) is 5.27. The van der Waals surface area contributed by atoms with Gasteiger partial charge in [-0.25, -0.2) is 4.68 Å². The number of anilines is 1. The number of benzene rings is 1. The molecule has 1 fully saturated rings. The minimum absolute atomic E-state index is 0.0300. The second-order valence-electron chi connectivity index (χ2n) is 7.78. The zero-order valence-electron chi connectivity index (χ0n) is 16.5. The molecule has 2 aromatic rings. The lowest BCUT2D eigenvalue weighted by molar-refractivity contribution is -0.115. The highest BCUT2D eigenvalue weighted by atomic mass is 16.2. The quantitative estimate of drug-likeness (QED) is 0.702. The molecule has 6 nitrogen and oxygen atoms in total. The largest absolute Gasteiger partial charge is 0.316 e. The topological polar surface area (TPSA) is 71.0 Å². The van der Waals surface area contributed by atoms with Crippen molar-refractivity contribution in [1.82, 2.24) is 20.4 Å². The SMILES string of the molecule is CC(C)c1ccc(Cn2nccc2NC(=O)CNC2CCNCC2C)cc1. The fourth-order valence-corrected chi connectivity index (χ4v) is 3.47. The third-order valence-corrected chi connectivity index (χ3v) is 5.27. The van der Waals surface area contributed by atoms with Crippen LogP contribution in [0.4, 0.5) is 5.82 Å². The molecule has 2 atom stereocenters. The summed E-state index contributed by atoms with van der Waals surface area (Å²) < 4.78 is 1.83. The first kappa shape index (κ1) is 19.6. The molecule has 1 amide bonds. The number of piperidine rings is 1. The van der Waals surface area contributed by atoms with Gasteiger partial charge in [-0.1, -0.05) is 45.0 Å². The molecule has 2 heterocycles. The van der Waals surface area contributed by atoms with Crippen molar-refractivity contribution in [1.29, 1.82) is 0 Å². The van der Waals surface area contributed by atoms with Gasteiger partial charge < -0.3 is 16.0 Å². The van der Waals surface area contributed by atoms with Crippen molar-refractivity contribution in [2.45, 2.75) is 45.7 Å². The first-order valence-corrected chi connectivity index (χ1v) is 9.87. The summed E-state index contributed by atoms with van der Waals surface area (Å²) >= 11 is 0. The maximum absolute atomic E-state index is 12.4. The maximum atomic E-state index is 12.4. The Morgan fingerprint density at radius 2 is 2.07 bits per heavy atom. The molecule has 1 aliphatic heterocycles. The van der Waals surface area contributed by atoms with Gasteiger partial charge in [0.05, 0.1) is 19.3 Å². The van der Waals surface area contributed by atoms with E-state index in [1.165, 1.54) is 11.1 Å². The highest BCUT2D eigenvalue weighted by Crippen LogP contribution is 2.16. The van der Waals surface area contributed by atoms with E-state index in [1.807, 2.05) is 10.7 Å². The molecule has 6 heteroatoms. The lowest BCUT2D eigenvalue weighted by atomic mass is 9.95. The van der Waals surface area contributed by atoms with Crippen LogP contribution in [0.1, 0.15) is 44.2 Å². The number of hydrogen-bond donors (Lipinski definition) is 3. The van der Waals surface area contributed by atoms with Crippen molar-refractivity contribution >= 4 is 11.7 Å². The van der Waals surface area contributed by atoms with Crippen LogP contribution < -0.4 is 16.0 Å². The molecule has 0 spiro atoms. The zero-order chi connectivity index (χ0) is 19.2. The van der Waals surface area contributed by atoms with Gasteiger partial charge in [0.2, 0.25) is 5.91 Å². The molecule has 3 rings (SSSR count). The van der Waals surface area contributed by atoms with E-state index in [9.17, 15) is 4.79 Å². The van der Waals surface area contributed by atoms with Gasteiger partial charge in [0.15, 0.2) is 0 Å². The van der Waals surface area contributed by atoms with Gasteiger partial charge in [0.1, 0.15) is 5.82 Å². The molecule has 0 radical (unpaired) electrons. The normalized spacial score (nSPS) is 20.0. The summed E-state index contributed by atoms with van der Waals surface area (Å²) in [5.41, 5.74) is 2.49. The Balaban J connectivity index is 1.54. The molecular formula is C21H31N5O. The summed E-state index contributed by atoms with van der Waals surface area (Å²) in [5, 5.41) is 14.1. The fraction of sp³-hybridized carbons (Fsp3) is 0.524. The average molecular weight is 370 g/mol. The molecule has 0 saturated carbocycles. The molecule has 2 unspecified atom stereocenters. The van der Waals surface area contributed by atoms with E-state index in [1.54, 1.807) is 6.20 Å². The number of amides is 1. The first-order chi connectivity index (χ1) is 13.0. The van der Waals surface area contributed by atoms with Crippen molar-refractivity contribution in [2.24, 2.45) is 5.92 Å². The van der Waals surface area contributed by atoms with E-state index >= 15 is 0 Å². The van der Waals surface area contributed by atoms with Gasteiger partial charge >= 0.3 is 0 Å². The molecule has 0 aliphatic carbocycles. The predicted octanol–water partition coefficient (Wildman–Crippen LogP) is 2.58. The molecule has 1 aliphatic rings. The number of carbonyl (C=O) groups is 1. The van der Waals surface area contributed by atoms with Crippen LogP contribution in [0.3, 0.4) is 0 Å². The van der Waals surface area contributed by atoms with E-state index in [4.69, 9.17) is 0 Å². The van der Waals surface area contributed by atoms with Crippen LogP contribution in [-0.2, 0) is 11.3 Å². The van der Waals surface area contributed by atoms with Crippen molar-refractivity contribution in [3.8, 4) is 0 Å². The Bertz CT molecular complexity index is 737. The molecule has 1 aromatic heterocycles. The summed E-state index contributed by atoms with van der Waals surface area (Å²) in [5.74, 6) is 1.75. The fourth-order valence-electron chi connectivity index (χ4n) is 3.47. The van der Waals surface area contributed by atoms with E-state index in [2.05, 4.69) is 66.1 Å². The molecular weight excluding hydrogens is 338 g/mol. The first-order valence-electron chi connectivity index (χ1n) is 9.87. The Hall–Kier alpha value is -2.18. The second-order valence-corrected chi connectivity index (χ2v) is 7.78. The van der Waals surface area contributed by atoms with Gasteiger partial charge in [-0.2, -0.15) is 5.10 Å². The molecule has 146 valence electrons. The minimum Gasteiger partial charge on any atom is -0.316 e. The van der Waals surface area contributed by atoms with Gasteiger partial charge in [0, 0.05) is 12.1 Å². The monoisotopic (exact) mass is 369 g/mol. The number of nitrogens with zero attached hydrogens (tertiary/aromatic N) is 2. The number of hydrogen-bond acceptors (Lipinski definition) is 4. The van der Waals surface area contributed by atoms with Crippen molar-refractivity contribution < 1.29 is 4.79 Å². The molecule has 27 heavy (non-hydrogen) atoms. The summed E-state index contributed by atoms with van der Waals surface area (Å²) in [6.45, 7) is 9.56. The number of aromatic nitrogens is 2. The van der Waals surface area contributed by atoms with Crippen molar-refractivity contribution in [3.63, 3.8) is 0 Å². The molecule has 0 bridgehead atoms. The summed E-state index contributed by atoms with van der Waals surface area (Å²) in [6.07, 6.45) is 2.78. The van der Waals surface area contributed by atoms with Gasteiger partial charge in [-0.05, 0) is 42.5 Å². The van der Waals surface area contributed by atoms with Crippen LogP contribution in [0.2, 0.25) is 0 Å². The van der Waals surface area contributed by atoms with Gasteiger partial charge in [-0.15, -0.1) is 0 Å². The van der Waals surface area contributed by atoms with Crippen LogP contribution >= 0.6 is 0 Å². The average Bonchev–Trinajstić information content (AvgIpc) is 3.08. The minimum atomic E-state index is -0.0300. The standard InChI is InChI=1S/C21H31N5O/c1-15(2)18-6-4-17(5-7-18)14-26-20(9-11-24-26)25-21(27)13-23-19-8-10-22-12-16(19)3/h4-7,9,11,15-16,19,22-23H,8,10,12-14H2,1-3H3,(H,25,27). The predicted molar refractivity (Wildman–Crippen MR) is 109 cm³/mol. The molecule has 1 saturated heterocycles. The van der Waals surface area contributed by atoms with Crippen molar-refractivity contribution in [2.75, 3.05) is 25.0 Å². The Kier molecular flexibility index (Phi) is 6.63. The lowest BCUT2D eigenvalue weighted by Crippen LogP contribution is -2.48. The summed E-state index contributed by atoms with van der Waals surface area (Å²) in [7, 11) is 0. The van der Waals surface area contributed by atoms with Gasteiger partial charge in [-0.3, -0.25) is 4.79 Å². The summed E-state index contributed by atoms with van der Waals surface area (Å²) in [4.78, 5) is 12.4. The second kappa shape index (κ2) is 9.15. The Morgan fingerprint density at radius 3 is 2.78 bits per heavy atom. The third kappa shape index (κ3) is 5.40. The number of rotatable bonds is 7. The van der Waals surface area contributed by atoms with Crippen LogP contribution in [0.5, 0.6) is 0 Å². The van der Waals surface area contributed by atoms with Crippen LogP contribution in [0, 0.1) is 5.92 Å². The smallest absolute Gasteiger partial charge is 0.239 e. The Labute approximate surface area is 161 Å². The molecule has 3 N–H and O–H groups in total. The zero-order valence-corrected chi connectivity index (χ0v) is 16.5. The highest BCUT2D eigenvalue weighted by molar-refractivity contribution is 5.91. The van der Waals surface area contributed by atoms with E-state index in [-0.39, 0.29) is 5.91 Å². The summed E-state index contributed by atoms with van der Waals surface area (Å²) in [6, 6.07) is 10.8. The van der Waals surface area contributed by atoms with Crippen molar-refractivity contribution in [3.05, 3.63) is 47.7 Å². The van der Waals surface area contributed by atoms with E-state index in [0.29, 0.717) is 31.0 Å². The maximum Gasteiger partial charge on any atom is 0.239 e. The number of nitrogens with one attached hydrogen (secondary N) is 3.